The molecule has 2 aliphatic heterocycles. The maximum absolute atomic E-state index is 13.4. The van der Waals surface area contributed by atoms with Crippen LogP contribution in [0.4, 0.5) is 10.2 Å². The van der Waals surface area contributed by atoms with E-state index in [4.69, 9.17) is 15.2 Å². The summed E-state index contributed by atoms with van der Waals surface area (Å²) in [6, 6.07) is 5.94. The highest BCUT2D eigenvalue weighted by atomic mass is 19.1. The third-order valence-electron chi connectivity index (χ3n) is 7.93. The molecule has 39 heavy (non-hydrogen) atoms. The molecule has 5 heterocycles. The lowest BCUT2D eigenvalue weighted by atomic mass is 10.0. The van der Waals surface area contributed by atoms with E-state index in [-0.39, 0.29) is 23.3 Å². The summed E-state index contributed by atoms with van der Waals surface area (Å²) in [4.78, 5) is 29.3. The fraction of sp³-hybridized carbons (Fsp3) is 0.429. The monoisotopic (exact) mass is 533 g/mol. The minimum Gasteiger partial charge on any atom is -0.454 e. The molecule has 1 aromatic carbocycles. The van der Waals surface area contributed by atoms with E-state index in [1.165, 1.54) is 0 Å². The maximum atomic E-state index is 13.4. The van der Waals surface area contributed by atoms with Crippen molar-refractivity contribution in [2.45, 2.75) is 45.3 Å². The summed E-state index contributed by atoms with van der Waals surface area (Å²) in [5, 5.41) is 12.6. The van der Waals surface area contributed by atoms with E-state index >= 15 is 0 Å². The minimum absolute atomic E-state index is 0.0521. The molecule has 204 valence electrons. The zero-order chi connectivity index (χ0) is 27.3. The number of benzene rings is 1. The molecule has 0 aliphatic carbocycles. The van der Waals surface area contributed by atoms with Crippen LogP contribution < -0.4 is 11.3 Å². The van der Waals surface area contributed by atoms with Gasteiger partial charge >= 0.3 is 0 Å². The summed E-state index contributed by atoms with van der Waals surface area (Å²) in [7, 11) is 0. The lowest BCUT2D eigenvalue weighted by Crippen LogP contribution is -2.38. The number of aromatic nitrogens is 4. The van der Waals surface area contributed by atoms with Crippen molar-refractivity contribution in [2.75, 3.05) is 38.5 Å². The second kappa shape index (κ2) is 9.96. The Kier molecular flexibility index (Phi) is 6.46. The first-order valence-corrected chi connectivity index (χ1v) is 13.4. The topological polar surface area (TPSA) is 126 Å². The van der Waals surface area contributed by atoms with Gasteiger partial charge in [-0.15, -0.1) is 0 Å². The predicted molar refractivity (Wildman–Crippen MR) is 147 cm³/mol. The lowest BCUT2D eigenvalue weighted by molar-refractivity contribution is -0.127. The number of piperidine rings is 1. The summed E-state index contributed by atoms with van der Waals surface area (Å²) < 4.78 is 21.6. The van der Waals surface area contributed by atoms with Gasteiger partial charge in [-0.3, -0.25) is 19.2 Å². The minimum atomic E-state index is -0.772. The number of nitrogens with one attached hydrogen (secondary N) is 1. The molecule has 2 aliphatic rings. The van der Waals surface area contributed by atoms with E-state index in [1.54, 1.807) is 6.08 Å². The zero-order valence-electron chi connectivity index (χ0n) is 22.1. The Morgan fingerprint density at radius 3 is 2.77 bits per heavy atom. The van der Waals surface area contributed by atoms with Crippen molar-refractivity contribution in [2.24, 2.45) is 0 Å². The van der Waals surface area contributed by atoms with Crippen LogP contribution in [0.1, 0.15) is 36.4 Å². The number of anilines is 1. The van der Waals surface area contributed by atoms with Gasteiger partial charge in [0.25, 0.3) is 5.56 Å². The van der Waals surface area contributed by atoms with Gasteiger partial charge in [-0.25, -0.2) is 9.49 Å². The number of hydrogen-bond acceptors (Lipinski definition) is 7. The summed E-state index contributed by atoms with van der Waals surface area (Å²) in [6.45, 7) is 6.83. The second-order valence-corrected chi connectivity index (χ2v) is 10.6. The number of amides is 1. The number of alkyl halides is 1. The number of carbonyl (C=O) groups is 1. The molecule has 10 nitrogen and oxygen atoms in total. The van der Waals surface area contributed by atoms with Gasteiger partial charge in [-0.2, -0.15) is 10.2 Å². The van der Waals surface area contributed by atoms with Gasteiger partial charge in [0.2, 0.25) is 5.91 Å². The largest absolute Gasteiger partial charge is 0.454 e. The van der Waals surface area contributed by atoms with Crippen molar-refractivity contribution in [1.82, 2.24) is 29.8 Å². The van der Waals surface area contributed by atoms with Crippen molar-refractivity contribution >= 4 is 33.6 Å². The molecule has 11 heteroatoms. The molecule has 0 saturated carbocycles. The first kappa shape index (κ1) is 25.3. The number of fused-ring (bicyclic) bond motifs is 2. The van der Waals surface area contributed by atoms with Crippen LogP contribution in [0, 0.1) is 13.8 Å². The van der Waals surface area contributed by atoms with Crippen molar-refractivity contribution in [3.05, 3.63) is 51.8 Å². The summed E-state index contributed by atoms with van der Waals surface area (Å²) in [5.74, 6) is 0.733. The number of nitrogens with two attached hydrogens (primary N) is 1. The Bertz CT molecular complexity index is 1640. The SMILES string of the molecule is Cc1ccc2oc(-c3c4c(N)n[nH]c(=O)c4nn3C3CCN(C(=O)/C=C/CN4CCC(F)C4)CC3)c(C)c2c1. The third-order valence-corrected chi connectivity index (χ3v) is 7.93. The highest BCUT2D eigenvalue weighted by molar-refractivity contribution is 6.01. The van der Waals surface area contributed by atoms with Crippen LogP contribution in [0.25, 0.3) is 33.3 Å². The van der Waals surface area contributed by atoms with Crippen molar-refractivity contribution in [3.8, 4) is 11.5 Å². The number of halogens is 1. The third kappa shape index (κ3) is 4.60. The molecule has 3 N–H and O–H groups in total. The van der Waals surface area contributed by atoms with E-state index in [0.717, 1.165) is 28.6 Å². The Balaban J connectivity index is 1.28. The molecule has 2 saturated heterocycles. The molecule has 3 aromatic heterocycles. The standard InChI is InChI=1S/C28H32FN7O3/c1-16-5-6-21-20(14-16)17(2)26(39-21)25-23-24(28(38)32-31-27(23)30)33-36(25)19-8-12-35(13-9-19)22(37)4-3-10-34-11-7-18(29)15-34/h3-6,14,18-19H,7-13,15H2,1-2H3,(H2,30,31)(H,32,38)/b4-3+. The number of nitrogen functional groups attached to an aromatic ring is 1. The zero-order valence-corrected chi connectivity index (χ0v) is 22.1. The van der Waals surface area contributed by atoms with E-state index in [1.807, 2.05) is 46.5 Å². The molecular formula is C28H32FN7O3. The van der Waals surface area contributed by atoms with Crippen LogP contribution in [-0.2, 0) is 4.79 Å². The molecule has 4 aromatic rings. The van der Waals surface area contributed by atoms with Crippen LogP contribution in [0.15, 0.2) is 39.6 Å². The van der Waals surface area contributed by atoms with Crippen LogP contribution in [0.5, 0.6) is 0 Å². The van der Waals surface area contributed by atoms with Gasteiger partial charge < -0.3 is 15.1 Å². The smallest absolute Gasteiger partial charge is 0.292 e. The average Bonchev–Trinajstić information content (AvgIpc) is 3.62. The lowest BCUT2D eigenvalue weighted by Gasteiger charge is -2.32. The van der Waals surface area contributed by atoms with Crippen molar-refractivity contribution < 1.29 is 13.6 Å². The summed E-state index contributed by atoms with van der Waals surface area (Å²) in [6.07, 6.45) is 4.50. The highest BCUT2D eigenvalue weighted by Gasteiger charge is 2.31. The maximum Gasteiger partial charge on any atom is 0.292 e. The van der Waals surface area contributed by atoms with Gasteiger partial charge in [0, 0.05) is 49.7 Å². The number of likely N-dealkylation sites (tertiary alicyclic amines) is 2. The van der Waals surface area contributed by atoms with Crippen molar-refractivity contribution in [1.29, 1.82) is 0 Å². The Hall–Kier alpha value is -3.99. The molecule has 0 radical (unpaired) electrons. The number of H-pyrrole nitrogens is 1. The molecule has 1 amide bonds. The molecule has 2 fully saturated rings. The van der Waals surface area contributed by atoms with E-state index in [0.29, 0.717) is 62.3 Å². The van der Waals surface area contributed by atoms with Crippen LogP contribution in [-0.4, -0.2) is 74.6 Å². The number of nitrogens with zero attached hydrogens (tertiary/aromatic N) is 5. The average molecular weight is 534 g/mol. The van der Waals surface area contributed by atoms with Crippen LogP contribution in [0.2, 0.25) is 0 Å². The van der Waals surface area contributed by atoms with E-state index in [9.17, 15) is 14.0 Å². The molecule has 1 atom stereocenters. The number of aromatic amines is 1. The molecular weight excluding hydrogens is 501 g/mol. The molecule has 1 unspecified atom stereocenters. The fourth-order valence-electron chi connectivity index (χ4n) is 5.79. The highest BCUT2D eigenvalue weighted by Crippen LogP contribution is 2.40. The molecule has 6 rings (SSSR count). The number of hydrogen-bond donors (Lipinski definition) is 2. The quantitative estimate of drug-likeness (QED) is 0.376. The summed E-state index contributed by atoms with van der Waals surface area (Å²) >= 11 is 0. The number of carbonyl (C=O) groups excluding carboxylic acids is 1. The molecule has 0 bridgehead atoms. The Morgan fingerprint density at radius 2 is 2.03 bits per heavy atom. The first-order chi connectivity index (χ1) is 18.8. The van der Waals surface area contributed by atoms with Gasteiger partial charge in [0.05, 0.1) is 11.4 Å². The van der Waals surface area contributed by atoms with Gasteiger partial charge in [-0.1, -0.05) is 17.7 Å². The fourth-order valence-corrected chi connectivity index (χ4v) is 5.79. The van der Waals surface area contributed by atoms with Crippen LogP contribution >= 0.6 is 0 Å². The Morgan fingerprint density at radius 1 is 1.23 bits per heavy atom. The normalized spacial score (nSPS) is 19.3. The summed E-state index contributed by atoms with van der Waals surface area (Å²) in [5.41, 5.74) is 9.50. The van der Waals surface area contributed by atoms with E-state index < -0.39 is 11.7 Å². The van der Waals surface area contributed by atoms with Gasteiger partial charge in [-0.05, 0) is 45.2 Å². The van der Waals surface area contributed by atoms with E-state index in [2.05, 4.69) is 16.3 Å². The first-order valence-electron chi connectivity index (χ1n) is 13.4. The predicted octanol–water partition coefficient (Wildman–Crippen LogP) is 3.50. The molecule has 0 spiro atoms. The van der Waals surface area contributed by atoms with Crippen molar-refractivity contribution in [3.63, 3.8) is 0 Å². The number of aryl methyl sites for hydroxylation is 2. The van der Waals surface area contributed by atoms with Gasteiger partial charge in [0.15, 0.2) is 17.1 Å². The van der Waals surface area contributed by atoms with Gasteiger partial charge in [0.1, 0.15) is 17.4 Å². The van der Waals surface area contributed by atoms with Crippen LogP contribution in [0.3, 0.4) is 0 Å². The number of rotatable bonds is 5. The second-order valence-electron chi connectivity index (χ2n) is 10.6. The Labute approximate surface area is 224 Å². The number of furan rings is 1.